The second kappa shape index (κ2) is 7.46. The molecule has 2 aromatic rings. The Morgan fingerprint density at radius 1 is 1.19 bits per heavy atom. The first-order chi connectivity index (χ1) is 12.4. The fourth-order valence-corrected chi connectivity index (χ4v) is 2.76. The molecule has 2 heterocycles. The molecule has 1 unspecified atom stereocenters. The quantitative estimate of drug-likeness (QED) is 0.811. The topological polar surface area (TPSA) is 62.5 Å². The fraction of sp³-hybridized carbons (Fsp3) is 0.412. The molecule has 3 rings (SSSR count). The van der Waals surface area contributed by atoms with E-state index < -0.39 is 35.9 Å². The lowest BCUT2D eigenvalue weighted by Gasteiger charge is -2.18. The summed E-state index contributed by atoms with van der Waals surface area (Å²) in [6.07, 6.45) is -4.50. The maximum atomic E-state index is 13.2. The molecular weight excluding hydrogens is 353 g/mol. The van der Waals surface area contributed by atoms with E-state index in [0.717, 1.165) is 10.1 Å². The van der Waals surface area contributed by atoms with E-state index in [0.29, 0.717) is 23.6 Å². The molecule has 0 N–H and O–H groups in total. The Morgan fingerprint density at radius 3 is 2.54 bits per heavy atom. The number of rotatable bonds is 5. The number of halogens is 3. The highest BCUT2D eigenvalue weighted by molar-refractivity contribution is 5.13. The van der Waals surface area contributed by atoms with Crippen molar-refractivity contribution < 1.29 is 22.6 Å². The van der Waals surface area contributed by atoms with Gasteiger partial charge in [0.25, 0.3) is 5.56 Å². The molecule has 9 heteroatoms. The number of hydrogen-bond donors (Lipinski definition) is 0. The summed E-state index contributed by atoms with van der Waals surface area (Å²) in [4.78, 5) is 24.7. The molecule has 1 fully saturated rings. The first-order valence-electron chi connectivity index (χ1n) is 8.04. The van der Waals surface area contributed by atoms with Crippen LogP contribution in [0, 0.1) is 0 Å². The van der Waals surface area contributed by atoms with E-state index in [1.807, 2.05) is 6.07 Å². The van der Waals surface area contributed by atoms with Crippen molar-refractivity contribution in [3.63, 3.8) is 0 Å². The third-order valence-corrected chi connectivity index (χ3v) is 4.03. The van der Waals surface area contributed by atoms with Crippen LogP contribution in [0.2, 0.25) is 0 Å². The zero-order chi connectivity index (χ0) is 18.7. The Kier molecular flexibility index (Phi) is 5.28. The lowest BCUT2D eigenvalue weighted by Crippen LogP contribution is -2.45. The maximum absolute atomic E-state index is 13.2. The standard InChI is InChI=1S/C17H17F3N2O4/c18-17(19,20)13-9-21(11-25-10-12-5-2-1-3-6-12)16(24)22(15(13)23)14-7-4-8-26-14/h1-3,5-6,9,14H,4,7-8,10-11H2. The highest BCUT2D eigenvalue weighted by Crippen LogP contribution is 2.27. The molecule has 1 saturated heterocycles. The highest BCUT2D eigenvalue weighted by atomic mass is 19.4. The Balaban J connectivity index is 1.92. The van der Waals surface area contributed by atoms with Gasteiger partial charge in [-0.25, -0.2) is 9.36 Å². The van der Waals surface area contributed by atoms with Crippen LogP contribution in [0.15, 0.2) is 46.1 Å². The van der Waals surface area contributed by atoms with Gasteiger partial charge in [-0.1, -0.05) is 30.3 Å². The van der Waals surface area contributed by atoms with E-state index in [4.69, 9.17) is 9.47 Å². The van der Waals surface area contributed by atoms with E-state index in [2.05, 4.69) is 0 Å². The van der Waals surface area contributed by atoms with E-state index in [-0.39, 0.29) is 13.2 Å². The molecule has 0 amide bonds. The van der Waals surface area contributed by atoms with Gasteiger partial charge in [0.1, 0.15) is 18.5 Å². The predicted octanol–water partition coefficient (Wildman–Crippen LogP) is 2.51. The van der Waals surface area contributed by atoms with Crippen LogP contribution in [-0.2, 0) is 29.0 Å². The molecule has 0 aliphatic carbocycles. The third-order valence-electron chi connectivity index (χ3n) is 4.03. The molecule has 26 heavy (non-hydrogen) atoms. The lowest BCUT2D eigenvalue weighted by atomic mass is 10.2. The average molecular weight is 370 g/mol. The summed E-state index contributed by atoms with van der Waals surface area (Å²) < 4.78 is 51.5. The number of benzene rings is 1. The van der Waals surface area contributed by atoms with Crippen LogP contribution in [0.25, 0.3) is 0 Å². The first-order valence-corrected chi connectivity index (χ1v) is 8.04. The van der Waals surface area contributed by atoms with Gasteiger partial charge in [0, 0.05) is 12.8 Å². The highest BCUT2D eigenvalue weighted by Gasteiger charge is 2.37. The summed E-state index contributed by atoms with van der Waals surface area (Å²) in [5.41, 5.74) is -2.89. The second-order valence-electron chi connectivity index (χ2n) is 5.90. The van der Waals surface area contributed by atoms with Crippen LogP contribution in [0.4, 0.5) is 13.2 Å². The first kappa shape index (κ1) is 18.4. The zero-order valence-electron chi connectivity index (χ0n) is 13.7. The SMILES string of the molecule is O=c1c(C(F)(F)F)cn(COCc2ccccc2)c(=O)n1C1CCCO1. The molecule has 0 radical (unpaired) electrons. The maximum Gasteiger partial charge on any atom is 0.423 e. The molecule has 1 aliphatic heterocycles. The molecule has 6 nitrogen and oxygen atoms in total. The Morgan fingerprint density at radius 2 is 1.92 bits per heavy atom. The summed E-state index contributed by atoms with van der Waals surface area (Å²) in [5.74, 6) is 0. The van der Waals surface area contributed by atoms with Crippen LogP contribution in [-0.4, -0.2) is 15.7 Å². The summed E-state index contributed by atoms with van der Waals surface area (Å²) >= 11 is 0. The number of nitrogens with zero attached hydrogens (tertiary/aromatic N) is 2. The minimum atomic E-state index is -4.88. The van der Waals surface area contributed by atoms with Crippen LogP contribution in [0.5, 0.6) is 0 Å². The fourth-order valence-electron chi connectivity index (χ4n) is 2.76. The van der Waals surface area contributed by atoms with Crippen molar-refractivity contribution in [2.45, 2.75) is 38.6 Å². The Bertz CT molecular complexity index is 868. The van der Waals surface area contributed by atoms with Crippen molar-refractivity contribution in [2.24, 2.45) is 0 Å². The van der Waals surface area contributed by atoms with Crippen molar-refractivity contribution in [3.05, 3.63) is 68.5 Å². The Hall–Kier alpha value is -2.39. The summed E-state index contributed by atoms with van der Waals surface area (Å²) in [6.45, 7) is -0.00517. The molecule has 1 aromatic carbocycles. The molecule has 0 bridgehead atoms. The van der Waals surface area contributed by atoms with Gasteiger partial charge in [-0.3, -0.25) is 9.36 Å². The van der Waals surface area contributed by atoms with Crippen molar-refractivity contribution >= 4 is 0 Å². The van der Waals surface area contributed by atoms with Crippen molar-refractivity contribution in [1.82, 2.24) is 9.13 Å². The van der Waals surface area contributed by atoms with Crippen LogP contribution in [0.3, 0.4) is 0 Å². The third kappa shape index (κ3) is 3.88. The van der Waals surface area contributed by atoms with Gasteiger partial charge in [-0.15, -0.1) is 0 Å². The van der Waals surface area contributed by atoms with Gasteiger partial charge in [-0.05, 0) is 18.4 Å². The van der Waals surface area contributed by atoms with Crippen molar-refractivity contribution in [3.8, 4) is 0 Å². The number of hydrogen-bond acceptors (Lipinski definition) is 4. The molecule has 0 spiro atoms. The van der Waals surface area contributed by atoms with Gasteiger partial charge >= 0.3 is 11.9 Å². The molecule has 1 aliphatic rings. The minimum Gasteiger partial charge on any atom is -0.358 e. The number of ether oxygens (including phenoxy) is 2. The van der Waals surface area contributed by atoms with Crippen molar-refractivity contribution in [1.29, 1.82) is 0 Å². The van der Waals surface area contributed by atoms with E-state index in [9.17, 15) is 22.8 Å². The summed E-state index contributed by atoms with van der Waals surface area (Å²) in [7, 11) is 0. The average Bonchev–Trinajstić information content (AvgIpc) is 3.11. The largest absolute Gasteiger partial charge is 0.423 e. The molecular formula is C17H17F3N2O4. The van der Waals surface area contributed by atoms with Gasteiger partial charge in [-0.2, -0.15) is 13.2 Å². The number of alkyl halides is 3. The van der Waals surface area contributed by atoms with Gasteiger partial charge in [0.2, 0.25) is 0 Å². The molecule has 0 saturated carbocycles. The van der Waals surface area contributed by atoms with Crippen molar-refractivity contribution in [2.75, 3.05) is 6.61 Å². The Labute approximate surface area is 146 Å². The summed E-state index contributed by atoms with van der Waals surface area (Å²) in [5, 5.41) is 0. The number of aromatic nitrogens is 2. The normalized spacial score (nSPS) is 17.6. The zero-order valence-corrected chi connectivity index (χ0v) is 13.7. The van der Waals surface area contributed by atoms with Crippen LogP contribution >= 0.6 is 0 Å². The van der Waals surface area contributed by atoms with Crippen LogP contribution in [0.1, 0.15) is 30.2 Å². The summed E-state index contributed by atoms with van der Waals surface area (Å²) in [6, 6.07) is 8.99. The van der Waals surface area contributed by atoms with Gasteiger partial charge in [0.15, 0.2) is 0 Å². The molecule has 140 valence electrons. The minimum absolute atomic E-state index is 0.119. The molecule has 1 aromatic heterocycles. The lowest BCUT2D eigenvalue weighted by molar-refractivity contribution is -0.140. The van der Waals surface area contributed by atoms with Crippen LogP contribution < -0.4 is 11.2 Å². The smallest absolute Gasteiger partial charge is 0.358 e. The predicted molar refractivity (Wildman–Crippen MR) is 85.4 cm³/mol. The van der Waals surface area contributed by atoms with E-state index in [1.54, 1.807) is 24.3 Å². The monoisotopic (exact) mass is 370 g/mol. The van der Waals surface area contributed by atoms with Gasteiger partial charge < -0.3 is 9.47 Å². The van der Waals surface area contributed by atoms with E-state index in [1.165, 1.54) is 0 Å². The van der Waals surface area contributed by atoms with Gasteiger partial charge in [0.05, 0.1) is 6.61 Å². The second-order valence-corrected chi connectivity index (χ2v) is 5.90. The van der Waals surface area contributed by atoms with E-state index >= 15 is 0 Å². The molecule has 1 atom stereocenters.